The van der Waals surface area contributed by atoms with Crippen molar-refractivity contribution in [2.45, 2.75) is 32.0 Å². The molecule has 4 heteroatoms. The van der Waals surface area contributed by atoms with Crippen LogP contribution in [-0.4, -0.2) is 18.1 Å². The number of nitrogen functional groups attached to an aromatic ring is 1. The van der Waals surface area contributed by atoms with Gasteiger partial charge in [0.2, 0.25) is 0 Å². The van der Waals surface area contributed by atoms with Crippen LogP contribution in [0, 0.1) is 0 Å². The van der Waals surface area contributed by atoms with E-state index in [9.17, 15) is 0 Å². The molecule has 1 heterocycles. The standard InChI is InChI=1S/C16H20N2O2/c1-19-16-7-4-13(17)9-12(16)10-18(14-5-6-14)11-15-3-2-8-20-15/h2-4,7-9,14H,5-6,10-11,17H2,1H3. The van der Waals surface area contributed by atoms with Crippen LogP contribution in [0.3, 0.4) is 0 Å². The van der Waals surface area contributed by atoms with Crippen molar-refractivity contribution in [1.82, 2.24) is 4.90 Å². The molecule has 0 unspecified atom stereocenters. The molecule has 1 aliphatic carbocycles. The van der Waals surface area contributed by atoms with Crippen molar-refractivity contribution in [3.8, 4) is 5.75 Å². The van der Waals surface area contributed by atoms with Crippen molar-refractivity contribution in [2.24, 2.45) is 0 Å². The minimum absolute atomic E-state index is 0.645. The summed E-state index contributed by atoms with van der Waals surface area (Å²) in [7, 11) is 1.70. The van der Waals surface area contributed by atoms with Gasteiger partial charge in [-0.25, -0.2) is 0 Å². The maximum atomic E-state index is 5.89. The predicted octanol–water partition coefficient (Wildman–Crippen LogP) is 3.04. The summed E-state index contributed by atoms with van der Waals surface area (Å²) in [5.41, 5.74) is 7.80. The number of hydrogen-bond acceptors (Lipinski definition) is 4. The van der Waals surface area contributed by atoms with E-state index in [1.807, 2.05) is 30.3 Å². The average Bonchev–Trinajstić information content (AvgIpc) is 3.17. The summed E-state index contributed by atoms with van der Waals surface area (Å²) in [5.74, 6) is 1.89. The van der Waals surface area contributed by atoms with Crippen LogP contribution in [0.1, 0.15) is 24.2 Å². The molecule has 20 heavy (non-hydrogen) atoms. The molecule has 2 aromatic rings. The molecule has 0 spiro atoms. The second-order valence-corrected chi connectivity index (χ2v) is 5.29. The summed E-state index contributed by atoms with van der Waals surface area (Å²) < 4.78 is 10.9. The number of nitrogens with zero attached hydrogens (tertiary/aromatic N) is 1. The first-order chi connectivity index (χ1) is 9.76. The van der Waals surface area contributed by atoms with Crippen molar-refractivity contribution in [2.75, 3.05) is 12.8 Å². The number of benzene rings is 1. The van der Waals surface area contributed by atoms with E-state index in [1.54, 1.807) is 13.4 Å². The topological polar surface area (TPSA) is 51.6 Å². The third-order valence-electron chi connectivity index (χ3n) is 3.68. The van der Waals surface area contributed by atoms with Gasteiger partial charge in [-0.3, -0.25) is 4.90 Å². The fourth-order valence-corrected chi connectivity index (χ4v) is 2.50. The summed E-state index contributed by atoms with van der Waals surface area (Å²) in [6, 6.07) is 10.4. The molecule has 2 N–H and O–H groups in total. The summed E-state index contributed by atoms with van der Waals surface area (Å²) in [6.45, 7) is 1.66. The number of anilines is 1. The van der Waals surface area contributed by atoms with Crippen molar-refractivity contribution in [3.63, 3.8) is 0 Å². The first-order valence-electron chi connectivity index (χ1n) is 6.95. The van der Waals surface area contributed by atoms with Gasteiger partial charge >= 0.3 is 0 Å². The molecule has 1 fully saturated rings. The lowest BCUT2D eigenvalue weighted by Gasteiger charge is -2.22. The molecule has 1 aliphatic rings. The van der Waals surface area contributed by atoms with Crippen LogP contribution >= 0.6 is 0 Å². The van der Waals surface area contributed by atoms with Gasteiger partial charge in [0.1, 0.15) is 11.5 Å². The van der Waals surface area contributed by atoms with Crippen molar-refractivity contribution in [3.05, 3.63) is 47.9 Å². The number of furan rings is 1. The third kappa shape index (κ3) is 2.96. The van der Waals surface area contributed by atoms with E-state index in [2.05, 4.69) is 4.90 Å². The second kappa shape index (κ2) is 5.59. The Morgan fingerprint density at radius 3 is 2.80 bits per heavy atom. The quantitative estimate of drug-likeness (QED) is 0.821. The minimum atomic E-state index is 0.645. The monoisotopic (exact) mass is 272 g/mol. The van der Waals surface area contributed by atoms with E-state index in [0.717, 1.165) is 35.9 Å². The van der Waals surface area contributed by atoms with E-state index < -0.39 is 0 Å². The molecule has 0 saturated heterocycles. The molecule has 0 aliphatic heterocycles. The van der Waals surface area contributed by atoms with Gasteiger partial charge in [0, 0.05) is 23.8 Å². The molecule has 0 atom stereocenters. The predicted molar refractivity (Wildman–Crippen MR) is 78.4 cm³/mol. The lowest BCUT2D eigenvalue weighted by molar-refractivity contribution is 0.222. The lowest BCUT2D eigenvalue weighted by Crippen LogP contribution is -2.25. The number of nitrogens with two attached hydrogens (primary N) is 1. The van der Waals surface area contributed by atoms with Crippen LogP contribution in [0.5, 0.6) is 5.75 Å². The van der Waals surface area contributed by atoms with E-state index in [-0.39, 0.29) is 0 Å². The van der Waals surface area contributed by atoms with Gasteiger partial charge in [0.25, 0.3) is 0 Å². The SMILES string of the molecule is COc1ccc(N)cc1CN(Cc1ccco1)C1CC1. The highest BCUT2D eigenvalue weighted by molar-refractivity contribution is 5.47. The second-order valence-electron chi connectivity index (χ2n) is 5.29. The maximum Gasteiger partial charge on any atom is 0.123 e. The Morgan fingerprint density at radius 1 is 1.30 bits per heavy atom. The Hall–Kier alpha value is -1.94. The maximum absolute atomic E-state index is 5.89. The molecule has 4 nitrogen and oxygen atoms in total. The normalized spacial score (nSPS) is 14.7. The molecule has 106 valence electrons. The number of ether oxygens (including phenoxy) is 1. The van der Waals surface area contributed by atoms with Crippen LogP contribution < -0.4 is 10.5 Å². The summed E-state index contributed by atoms with van der Waals surface area (Å²) in [5, 5.41) is 0. The Kier molecular flexibility index (Phi) is 3.65. The molecule has 1 saturated carbocycles. The van der Waals surface area contributed by atoms with Gasteiger partial charge in [0.15, 0.2) is 0 Å². The van der Waals surface area contributed by atoms with E-state index in [0.29, 0.717) is 6.04 Å². The minimum Gasteiger partial charge on any atom is -0.496 e. The van der Waals surface area contributed by atoms with Gasteiger partial charge in [-0.2, -0.15) is 0 Å². The summed E-state index contributed by atoms with van der Waals surface area (Å²) >= 11 is 0. The molecule has 0 bridgehead atoms. The molecular formula is C16H20N2O2. The highest BCUT2D eigenvalue weighted by atomic mass is 16.5. The highest BCUT2D eigenvalue weighted by Crippen LogP contribution is 2.32. The fourth-order valence-electron chi connectivity index (χ4n) is 2.50. The van der Waals surface area contributed by atoms with Crippen LogP contribution in [0.4, 0.5) is 5.69 Å². The van der Waals surface area contributed by atoms with E-state index >= 15 is 0 Å². The first-order valence-corrected chi connectivity index (χ1v) is 6.95. The Labute approximate surface area is 119 Å². The van der Waals surface area contributed by atoms with Gasteiger partial charge < -0.3 is 14.9 Å². The zero-order chi connectivity index (χ0) is 13.9. The number of hydrogen-bond donors (Lipinski definition) is 1. The smallest absolute Gasteiger partial charge is 0.123 e. The van der Waals surface area contributed by atoms with E-state index in [4.69, 9.17) is 14.9 Å². The van der Waals surface area contributed by atoms with Crippen molar-refractivity contribution in [1.29, 1.82) is 0 Å². The third-order valence-corrected chi connectivity index (χ3v) is 3.68. The van der Waals surface area contributed by atoms with E-state index in [1.165, 1.54) is 12.8 Å². The summed E-state index contributed by atoms with van der Waals surface area (Å²) in [6.07, 6.45) is 4.23. The first kappa shape index (κ1) is 13.1. The Bertz CT molecular complexity index is 562. The Balaban J connectivity index is 1.77. The van der Waals surface area contributed by atoms with Crippen LogP contribution in [0.2, 0.25) is 0 Å². The van der Waals surface area contributed by atoms with Crippen LogP contribution in [0.25, 0.3) is 0 Å². The average molecular weight is 272 g/mol. The Morgan fingerprint density at radius 2 is 2.15 bits per heavy atom. The van der Waals surface area contributed by atoms with Crippen LogP contribution in [-0.2, 0) is 13.1 Å². The molecule has 1 aromatic carbocycles. The zero-order valence-electron chi connectivity index (χ0n) is 11.7. The van der Waals surface area contributed by atoms with Gasteiger partial charge in [-0.05, 0) is 43.2 Å². The summed E-state index contributed by atoms with van der Waals surface area (Å²) in [4.78, 5) is 2.43. The number of methoxy groups -OCH3 is 1. The molecule has 3 rings (SSSR count). The van der Waals surface area contributed by atoms with Gasteiger partial charge in [-0.1, -0.05) is 0 Å². The zero-order valence-corrected chi connectivity index (χ0v) is 11.7. The molecular weight excluding hydrogens is 252 g/mol. The highest BCUT2D eigenvalue weighted by Gasteiger charge is 2.30. The lowest BCUT2D eigenvalue weighted by atomic mass is 10.1. The molecule has 1 aromatic heterocycles. The van der Waals surface area contributed by atoms with Gasteiger partial charge in [-0.15, -0.1) is 0 Å². The van der Waals surface area contributed by atoms with Crippen LogP contribution in [0.15, 0.2) is 41.0 Å². The number of rotatable bonds is 6. The van der Waals surface area contributed by atoms with Crippen molar-refractivity contribution < 1.29 is 9.15 Å². The van der Waals surface area contributed by atoms with Crippen molar-refractivity contribution >= 4 is 5.69 Å². The molecule has 0 radical (unpaired) electrons. The fraction of sp³-hybridized carbons (Fsp3) is 0.375. The molecule has 0 amide bonds. The van der Waals surface area contributed by atoms with Gasteiger partial charge in [0.05, 0.1) is 19.9 Å². The largest absolute Gasteiger partial charge is 0.496 e.